The lowest BCUT2D eigenvalue weighted by molar-refractivity contribution is -0.226. The minimum Gasteiger partial charge on any atom is -0.449 e. The van der Waals surface area contributed by atoms with Crippen molar-refractivity contribution in [1.82, 2.24) is 0 Å². The van der Waals surface area contributed by atoms with Crippen LogP contribution in [0.25, 0.3) is 0 Å². The molecule has 4 aliphatic rings. The van der Waals surface area contributed by atoms with E-state index in [0.29, 0.717) is 11.8 Å². The van der Waals surface area contributed by atoms with Crippen LogP contribution in [0.15, 0.2) is 23.8 Å². The average Bonchev–Trinajstić information content (AvgIpc) is 3.04. The SMILES string of the molecule is CCC(=O)O[C@]1(C(=O)SCF)CC[C@H]2[C@@H]3CC(F)C4=CC(=O)C=C[C@]4(C)[C@@]3(F)[C@@H](O)C[C@@]21C. The van der Waals surface area contributed by atoms with E-state index in [1.807, 2.05) is 0 Å². The van der Waals surface area contributed by atoms with Gasteiger partial charge in [-0.25, -0.2) is 13.2 Å². The zero-order valence-corrected chi connectivity index (χ0v) is 19.7. The van der Waals surface area contributed by atoms with Crippen LogP contribution in [0.4, 0.5) is 13.2 Å². The molecule has 3 fully saturated rings. The quantitative estimate of drug-likeness (QED) is 0.601. The van der Waals surface area contributed by atoms with Crippen molar-refractivity contribution in [2.45, 2.75) is 76.4 Å². The van der Waals surface area contributed by atoms with E-state index in [4.69, 9.17) is 4.74 Å². The first kappa shape index (κ1) is 24.5. The Kier molecular flexibility index (Phi) is 5.92. The molecule has 1 unspecified atom stereocenters. The number of rotatable bonds is 4. The molecule has 0 aliphatic heterocycles. The molecule has 5 nitrogen and oxygen atoms in total. The maximum absolute atomic E-state index is 17.1. The molecule has 182 valence electrons. The first-order chi connectivity index (χ1) is 15.4. The van der Waals surface area contributed by atoms with E-state index in [2.05, 4.69) is 0 Å². The van der Waals surface area contributed by atoms with Gasteiger partial charge >= 0.3 is 5.97 Å². The summed E-state index contributed by atoms with van der Waals surface area (Å²) in [5, 5.41) is 10.6. The van der Waals surface area contributed by atoms with Crippen molar-refractivity contribution in [2.75, 3.05) is 6.01 Å². The minimum absolute atomic E-state index is 0.00724. The summed E-state index contributed by atoms with van der Waals surface area (Å²) in [7, 11) is 0. The molecule has 9 heteroatoms. The number of aliphatic hydroxyl groups excluding tert-OH is 1. The molecule has 0 heterocycles. The van der Waals surface area contributed by atoms with Gasteiger partial charge in [0.1, 0.15) is 12.2 Å². The number of hydrogen-bond donors (Lipinski definition) is 1. The first-order valence-electron chi connectivity index (χ1n) is 11.3. The van der Waals surface area contributed by atoms with Gasteiger partial charge < -0.3 is 9.84 Å². The second-order valence-corrected chi connectivity index (χ2v) is 11.0. The van der Waals surface area contributed by atoms with Crippen LogP contribution >= 0.6 is 11.8 Å². The highest BCUT2D eigenvalue weighted by atomic mass is 32.2. The molecule has 33 heavy (non-hydrogen) atoms. The second-order valence-electron chi connectivity index (χ2n) is 10.1. The van der Waals surface area contributed by atoms with Crippen LogP contribution in [0.1, 0.15) is 52.9 Å². The first-order valence-corrected chi connectivity index (χ1v) is 12.3. The van der Waals surface area contributed by atoms with Crippen LogP contribution in [-0.2, 0) is 19.1 Å². The van der Waals surface area contributed by atoms with E-state index >= 15 is 8.78 Å². The molecular formula is C24H29F3O5S. The molecular weight excluding hydrogens is 457 g/mol. The standard InChI is InChI=1S/C24H29F3O5S/c1-4-19(30)32-23(20(31)33-12-25)8-6-14-15-10-17(26)16-9-13(28)5-7-21(16,2)24(15,27)18(29)11-22(14,23)3/h5,7,9,14-15,17-18,29H,4,6,8,10-12H2,1-3H3/t14-,15-,17?,18-,21-,22-,23-,24-/m0/s1. The third kappa shape index (κ3) is 3.07. The lowest BCUT2D eigenvalue weighted by Gasteiger charge is -2.63. The van der Waals surface area contributed by atoms with E-state index in [1.54, 1.807) is 13.8 Å². The van der Waals surface area contributed by atoms with E-state index in [-0.39, 0.29) is 37.7 Å². The van der Waals surface area contributed by atoms with Crippen molar-refractivity contribution in [3.8, 4) is 0 Å². The van der Waals surface area contributed by atoms with E-state index in [1.165, 1.54) is 19.1 Å². The number of esters is 1. The highest BCUT2D eigenvalue weighted by Gasteiger charge is 2.76. The predicted molar refractivity (Wildman–Crippen MR) is 116 cm³/mol. The summed E-state index contributed by atoms with van der Waals surface area (Å²) in [4.78, 5) is 37.4. The van der Waals surface area contributed by atoms with E-state index < -0.39 is 69.1 Å². The van der Waals surface area contributed by atoms with Crippen molar-refractivity contribution in [3.63, 3.8) is 0 Å². The molecule has 0 spiro atoms. The lowest BCUT2D eigenvalue weighted by atomic mass is 9.44. The van der Waals surface area contributed by atoms with Gasteiger partial charge in [-0.15, -0.1) is 0 Å². The summed E-state index contributed by atoms with van der Waals surface area (Å²) in [5.74, 6) is -2.66. The number of hydrogen-bond acceptors (Lipinski definition) is 6. The number of aliphatic hydroxyl groups is 1. The molecule has 0 bridgehead atoms. The number of allylic oxidation sites excluding steroid dienone is 4. The molecule has 4 rings (SSSR count). The van der Waals surface area contributed by atoms with Crippen molar-refractivity contribution in [1.29, 1.82) is 0 Å². The van der Waals surface area contributed by atoms with Gasteiger partial charge in [0.2, 0.25) is 5.12 Å². The molecule has 0 amide bonds. The Morgan fingerprint density at radius 3 is 2.64 bits per heavy atom. The van der Waals surface area contributed by atoms with Gasteiger partial charge in [-0.2, -0.15) is 0 Å². The fourth-order valence-corrected chi connectivity index (χ4v) is 7.88. The number of carbonyl (C=O) groups is 3. The third-order valence-electron chi connectivity index (χ3n) is 8.84. The molecule has 8 atom stereocenters. The number of ether oxygens (including phenoxy) is 1. The van der Waals surface area contributed by atoms with Crippen molar-refractivity contribution in [3.05, 3.63) is 23.8 Å². The summed E-state index contributed by atoms with van der Waals surface area (Å²) in [6.07, 6.45) is 0.261. The van der Waals surface area contributed by atoms with Crippen LogP contribution in [0.2, 0.25) is 0 Å². The van der Waals surface area contributed by atoms with Crippen LogP contribution in [0.3, 0.4) is 0 Å². The number of alkyl halides is 3. The molecule has 4 aliphatic carbocycles. The van der Waals surface area contributed by atoms with E-state index in [0.717, 1.165) is 6.08 Å². The normalized spacial score (nSPS) is 46.2. The van der Waals surface area contributed by atoms with Crippen molar-refractivity contribution >= 4 is 28.6 Å². The highest BCUT2D eigenvalue weighted by molar-refractivity contribution is 8.13. The minimum atomic E-state index is -2.29. The van der Waals surface area contributed by atoms with Crippen LogP contribution in [-0.4, -0.2) is 51.5 Å². The smallest absolute Gasteiger partial charge is 0.306 e. The topological polar surface area (TPSA) is 80.7 Å². The number of halogens is 3. The van der Waals surface area contributed by atoms with E-state index in [9.17, 15) is 23.9 Å². The average molecular weight is 487 g/mol. The van der Waals surface area contributed by atoms with Gasteiger partial charge in [-0.3, -0.25) is 14.4 Å². The molecule has 0 radical (unpaired) electrons. The zero-order valence-electron chi connectivity index (χ0n) is 18.9. The molecule has 1 N–H and O–H groups in total. The van der Waals surface area contributed by atoms with Crippen LogP contribution < -0.4 is 0 Å². The Hall–Kier alpha value is -1.61. The van der Waals surface area contributed by atoms with Crippen molar-refractivity contribution in [2.24, 2.45) is 22.7 Å². The molecule has 3 saturated carbocycles. The summed E-state index contributed by atoms with van der Waals surface area (Å²) < 4.78 is 51.4. The molecule has 0 saturated heterocycles. The largest absolute Gasteiger partial charge is 0.449 e. The Balaban J connectivity index is 1.83. The number of thioether (sulfide) groups is 1. The Labute approximate surface area is 195 Å². The summed E-state index contributed by atoms with van der Waals surface area (Å²) in [6.45, 7) is 4.73. The highest BCUT2D eigenvalue weighted by Crippen LogP contribution is 2.71. The van der Waals surface area contributed by atoms with Gasteiger partial charge in [-0.1, -0.05) is 19.9 Å². The van der Waals surface area contributed by atoms with Gasteiger partial charge in [0.05, 0.1) is 6.10 Å². The fraction of sp³-hybridized carbons (Fsp3) is 0.708. The summed E-state index contributed by atoms with van der Waals surface area (Å²) >= 11 is 0.392. The maximum atomic E-state index is 17.1. The van der Waals surface area contributed by atoms with Gasteiger partial charge in [0, 0.05) is 23.2 Å². The third-order valence-corrected chi connectivity index (χ3v) is 9.54. The summed E-state index contributed by atoms with van der Waals surface area (Å²) in [5.41, 5.74) is -6.74. The fourth-order valence-electron chi connectivity index (χ4n) is 7.17. The van der Waals surface area contributed by atoms with Gasteiger partial charge in [0.15, 0.2) is 17.1 Å². The Bertz CT molecular complexity index is 952. The second kappa shape index (κ2) is 7.97. The molecule has 0 aromatic rings. The van der Waals surface area contributed by atoms with Crippen molar-refractivity contribution < 1.29 is 37.4 Å². The number of ketones is 1. The molecule has 0 aromatic heterocycles. The Morgan fingerprint density at radius 2 is 2.00 bits per heavy atom. The molecule has 0 aromatic carbocycles. The number of carbonyl (C=O) groups excluding carboxylic acids is 3. The predicted octanol–water partition coefficient (Wildman–Crippen LogP) is 4.18. The van der Waals surface area contributed by atoms with Gasteiger partial charge in [-0.05, 0) is 68.0 Å². The number of fused-ring (bicyclic) bond motifs is 5. The van der Waals surface area contributed by atoms with Crippen LogP contribution in [0, 0.1) is 22.7 Å². The maximum Gasteiger partial charge on any atom is 0.306 e. The lowest BCUT2D eigenvalue weighted by Crippen LogP contribution is -2.70. The Morgan fingerprint density at radius 1 is 1.30 bits per heavy atom. The zero-order chi connectivity index (χ0) is 24.4. The van der Waals surface area contributed by atoms with Gasteiger partial charge in [0.25, 0.3) is 0 Å². The van der Waals surface area contributed by atoms with Crippen LogP contribution in [0.5, 0.6) is 0 Å². The monoisotopic (exact) mass is 486 g/mol. The summed E-state index contributed by atoms with van der Waals surface area (Å²) in [6, 6.07) is -1.01.